The second kappa shape index (κ2) is 9.25. The van der Waals surface area contributed by atoms with Crippen molar-refractivity contribution in [2.45, 2.75) is 24.2 Å². The summed E-state index contributed by atoms with van der Waals surface area (Å²) in [5.41, 5.74) is 2.67. The first kappa shape index (κ1) is 21.1. The predicted octanol–water partition coefficient (Wildman–Crippen LogP) is 4.23. The van der Waals surface area contributed by atoms with Crippen LogP contribution >= 0.6 is 0 Å². The van der Waals surface area contributed by atoms with E-state index < -0.39 is 16.0 Å². The van der Waals surface area contributed by atoms with Crippen molar-refractivity contribution in [3.05, 3.63) is 95.1 Å². The van der Waals surface area contributed by atoms with Crippen molar-refractivity contribution in [3.8, 4) is 6.07 Å². The monoisotopic (exact) mass is 420 g/mol. The lowest BCUT2D eigenvalue weighted by atomic mass is 10.0. The molecule has 6 nitrogen and oxygen atoms in total. The quantitative estimate of drug-likeness (QED) is 0.567. The smallest absolute Gasteiger partial charge is 0.335 e. The maximum Gasteiger partial charge on any atom is 0.335 e. The zero-order valence-electron chi connectivity index (χ0n) is 16.1. The van der Waals surface area contributed by atoms with Gasteiger partial charge < -0.3 is 5.11 Å². The number of nitriles is 1. The number of benzene rings is 3. The average Bonchev–Trinajstić information content (AvgIpc) is 2.75. The molecule has 0 saturated carbocycles. The Morgan fingerprint density at radius 2 is 1.60 bits per heavy atom. The van der Waals surface area contributed by atoms with Gasteiger partial charge >= 0.3 is 5.97 Å². The second-order valence-electron chi connectivity index (χ2n) is 6.73. The lowest BCUT2D eigenvalue weighted by Crippen LogP contribution is -2.15. The second-order valence-corrected chi connectivity index (χ2v) is 8.38. The number of carbonyl (C=O) groups is 1. The molecule has 0 unspecified atom stereocenters. The molecule has 152 valence electrons. The van der Waals surface area contributed by atoms with Gasteiger partial charge in [0.15, 0.2) is 0 Å². The summed E-state index contributed by atoms with van der Waals surface area (Å²) in [7, 11) is -3.90. The highest BCUT2D eigenvalue weighted by atomic mass is 32.2. The van der Waals surface area contributed by atoms with Crippen LogP contribution in [0, 0.1) is 11.3 Å². The van der Waals surface area contributed by atoms with E-state index in [0.717, 1.165) is 24.0 Å². The molecule has 0 heterocycles. The molecule has 3 aromatic rings. The normalized spacial score (nSPS) is 10.9. The molecule has 0 radical (unpaired) electrons. The van der Waals surface area contributed by atoms with Crippen LogP contribution in [0.3, 0.4) is 0 Å². The molecule has 0 aliphatic carbocycles. The maximum atomic E-state index is 12.8. The largest absolute Gasteiger partial charge is 0.478 e. The van der Waals surface area contributed by atoms with Gasteiger partial charge in [0, 0.05) is 0 Å². The zero-order valence-corrected chi connectivity index (χ0v) is 16.9. The van der Waals surface area contributed by atoms with Gasteiger partial charge in [0.25, 0.3) is 10.0 Å². The third kappa shape index (κ3) is 5.04. The summed E-state index contributed by atoms with van der Waals surface area (Å²) < 4.78 is 28.2. The van der Waals surface area contributed by atoms with Gasteiger partial charge in [0.2, 0.25) is 0 Å². The number of rotatable bonds is 8. The molecule has 0 aliphatic rings. The van der Waals surface area contributed by atoms with Crippen LogP contribution in [0.2, 0.25) is 0 Å². The number of aromatic carboxylic acids is 1. The van der Waals surface area contributed by atoms with Gasteiger partial charge in [-0.15, -0.1) is 0 Å². The molecule has 3 aromatic carbocycles. The number of sulfonamides is 1. The number of aryl methyl sites for hydroxylation is 2. The lowest BCUT2D eigenvalue weighted by molar-refractivity contribution is 0.0697. The van der Waals surface area contributed by atoms with Crippen LogP contribution in [-0.2, 0) is 22.9 Å². The van der Waals surface area contributed by atoms with Crippen molar-refractivity contribution in [2.75, 3.05) is 4.72 Å². The summed E-state index contributed by atoms with van der Waals surface area (Å²) in [5.74, 6) is -0.958. The lowest BCUT2D eigenvalue weighted by Gasteiger charge is -2.13. The van der Waals surface area contributed by atoms with Gasteiger partial charge in [-0.25, -0.2) is 13.2 Å². The molecule has 0 amide bonds. The van der Waals surface area contributed by atoms with Gasteiger partial charge in [-0.2, -0.15) is 5.26 Å². The standard InChI is InChI=1S/C23H20N2O4S/c24-16-20-8-2-4-11-22(20)30(28,29)25-21-10-3-1-7-18(21)9-5-6-17-12-14-19(15-13-17)23(26)27/h1-4,7-8,10-15,25H,5-6,9H2,(H,26,27). The fourth-order valence-corrected chi connectivity index (χ4v) is 4.39. The first-order chi connectivity index (χ1) is 14.4. The summed E-state index contributed by atoms with van der Waals surface area (Å²) >= 11 is 0. The van der Waals surface area contributed by atoms with Crippen LogP contribution in [-0.4, -0.2) is 19.5 Å². The third-order valence-electron chi connectivity index (χ3n) is 4.67. The topological polar surface area (TPSA) is 107 Å². The van der Waals surface area contributed by atoms with Gasteiger partial charge in [-0.05, 0) is 60.7 Å². The predicted molar refractivity (Wildman–Crippen MR) is 114 cm³/mol. The molecule has 3 rings (SSSR count). The first-order valence-corrected chi connectivity index (χ1v) is 10.8. The molecule has 0 spiro atoms. The molecule has 0 bridgehead atoms. The highest BCUT2D eigenvalue weighted by molar-refractivity contribution is 7.92. The summed E-state index contributed by atoms with van der Waals surface area (Å²) in [5, 5.41) is 18.2. The Hall–Kier alpha value is -3.63. The van der Waals surface area contributed by atoms with Crippen molar-refractivity contribution in [1.82, 2.24) is 0 Å². The summed E-state index contributed by atoms with van der Waals surface area (Å²) in [6.45, 7) is 0. The van der Waals surface area contributed by atoms with Crippen LogP contribution in [0.1, 0.15) is 33.5 Å². The highest BCUT2D eigenvalue weighted by Gasteiger charge is 2.19. The number of para-hydroxylation sites is 1. The van der Waals surface area contributed by atoms with E-state index in [4.69, 9.17) is 5.11 Å². The van der Waals surface area contributed by atoms with Crippen molar-refractivity contribution < 1.29 is 18.3 Å². The Morgan fingerprint density at radius 1 is 0.933 bits per heavy atom. The van der Waals surface area contributed by atoms with E-state index in [0.29, 0.717) is 12.1 Å². The van der Waals surface area contributed by atoms with Crippen LogP contribution in [0.5, 0.6) is 0 Å². The maximum absolute atomic E-state index is 12.8. The molecule has 30 heavy (non-hydrogen) atoms. The molecule has 0 fully saturated rings. The molecule has 0 atom stereocenters. The SMILES string of the molecule is N#Cc1ccccc1S(=O)(=O)Nc1ccccc1CCCc1ccc(C(=O)O)cc1. The highest BCUT2D eigenvalue weighted by Crippen LogP contribution is 2.23. The van der Waals surface area contributed by atoms with E-state index in [1.165, 1.54) is 12.1 Å². The van der Waals surface area contributed by atoms with E-state index in [-0.39, 0.29) is 16.0 Å². The number of anilines is 1. The summed E-state index contributed by atoms with van der Waals surface area (Å²) in [6, 6.07) is 21.9. The third-order valence-corrected chi connectivity index (χ3v) is 6.09. The molecule has 7 heteroatoms. The number of hydrogen-bond donors (Lipinski definition) is 2. The molecular weight excluding hydrogens is 400 g/mol. The van der Waals surface area contributed by atoms with Crippen molar-refractivity contribution in [1.29, 1.82) is 5.26 Å². The van der Waals surface area contributed by atoms with Gasteiger partial charge in [0.1, 0.15) is 11.0 Å². The van der Waals surface area contributed by atoms with Gasteiger partial charge in [-0.1, -0.05) is 42.5 Å². The Labute approximate surface area is 175 Å². The van der Waals surface area contributed by atoms with Crippen LogP contribution in [0.25, 0.3) is 0 Å². The van der Waals surface area contributed by atoms with Gasteiger partial charge in [-0.3, -0.25) is 4.72 Å². The average molecular weight is 420 g/mol. The van der Waals surface area contributed by atoms with Crippen molar-refractivity contribution in [2.24, 2.45) is 0 Å². The van der Waals surface area contributed by atoms with E-state index in [1.807, 2.05) is 18.2 Å². The zero-order chi connectivity index (χ0) is 21.6. The molecule has 0 aromatic heterocycles. The Kier molecular flexibility index (Phi) is 6.50. The Bertz CT molecular complexity index is 1200. The van der Waals surface area contributed by atoms with Crippen molar-refractivity contribution in [3.63, 3.8) is 0 Å². The molecule has 0 aliphatic heterocycles. The van der Waals surface area contributed by atoms with Crippen LogP contribution in [0.4, 0.5) is 5.69 Å². The minimum Gasteiger partial charge on any atom is -0.478 e. The molecule has 2 N–H and O–H groups in total. The number of hydrogen-bond acceptors (Lipinski definition) is 4. The van der Waals surface area contributed by atoms with E-state index >= 15 is 0 Å². The minimum atomic E-state index is -3.90. The Balaban J connectivity index is 1.71. The van der Waals surface area contributed by atoms with E-state index in [9.17, 15) is 18.5 Å². The summed E-state index contributed by atoms with van der Waals surface area (Å²) in [6.07, 6.45) is 2.14. The van der Waals surface area contributed by atoms with Gasteiger partial charge in [0.05, 0.1) is 16.8 Å². The molecule has 0 saturated heterocycles. The van der Waals surface area contributed by atoms with Crippen LogP contribution in [0.15, 0.2) is 77.7 Å². The van der Waals surface area contributed by atoms with E-state index in [1.54, 1.807) is 48.5 Å². The Morgan fingerprint density at radius 3 is 2.30 bits per heavy atom. The number of carboxylic acid groups (broad SMARTS) is 1. The minimum absolute atomic E-state index is 0.0548. The first-order valence-electron chi connectivity index (χ1n) is 9.33. The number of nitrogens with one attached hydrogen (secondary N) is 1. The molecular formula is C23H20N2O4S. The van der Waals surface area contributed by atoms with Crippen LogP contribution < -0.4 is 4.72 Å². The fourth-order valence-electron chi connectivity index (χ4n) is 3.13. The van der Waals surface area contributed by atoms with E-state index in [2.05, 4.69) is 4.72 Å². The fraction of sp³-hybridized carbons (Fsp3) is 0.130. The number of carboxylic acids is 1. The summed E-state index contributed by atoms with van der Waals surface area (Å²) in [4.78, 5) is 10.9. The van der Waals surface area contributed by atoms with Crippen molar-refractivity contribution >= 4 is 21.7 Å². The number of nitrogens with zero attached hydrogens (tertiary/aromatic N) is 1.